The smallest absolute Gasteiger partial charge is 0.251 e. The molecule has 160 valence electrons. The molecule has 0 saturated carbocycles. The molecule has 3 amide bonds. The lowest BCUT2D eigenvalue weighted by Crippen LogP contribution is -2.31. The summed E-state index contributed by atoms with van der Waals surface area (Å²) < 4.78 is 0. The average Bonchev–Trinajstić information content (AvgIpc) is 2.72. The molecule has 0 aliphatic rings. The molecule has 2 rings (SSSR count). The van der Waals surface area contributed by atoms with E-state index in [1.54, 1.807) is 48.5 Å². The van der Waals surface area contributed by atoms with Crippen LogP contribution in [-0.4, -0.2) is 36.3 Å². The number of benzene rings is 2. The van der Waals surface area contributed by atoms with Crippen LogP contribution in [0.4, 0.5) is 11.4 Å². The van der Waals surface area contributed by atoms with Crippen molar-refractivity contribution in [1.82, 2.24) is 10.6 Å². The highest BCUT2D eigenvalue weighted by atomic mass is 16.2. The fourth-order valence-corrected chi connectivity index (χ4v) is 2.62. The lowest BCUT2D eigenvalue weighted by molar-refractivity contribution is -0.114. The first-order chi connectivity index (χ1) is 14.3. The van der Waals surface area contributed by atoms with Gasteiger partial charge in [0.1, 0.15) is 0 Å². The quantitative estimate of drug-likeness (QED) is 0.509. The number of rotatable bonds is 9. The minimum Gasteiger partial charge on any atom is -0.376 e. The Labute approximate surface area is 177 Å². The zero-order valence-electron chi connectivity index (χ0n) is 17.9. The Balaban J connectivity index is 1.88. The molecule has 1 atom stereocenters. The predicted molar refractivity (Wildman–Crippen MR) is 120 cm³/mol. The van der Waals surface area contributed by atoms with Crippen LogP contribution in [0, 0.1) is 0 Å². The van der Waals surface area contributed by atoms with Gasteiger partial charge >= 0.3 is 0 Å². The monoisotopic (exact) mass is 410 g/mol. The van der Waals surface area contributed by atoms with Crippen molar-refractivity contribution < 1.29 is 14.4 Å². The predicted octanol–water partition coefficient (Wildman–Crippen LogP) is 3.40. The van der Waals surface area contributed by atoms with Gasteiger partial charge < -0.3 is 21.3 Å². The van der Waals surface area contributed by atoms with E-state index in [1.165, 1.54) is 0 Å². The summed E-state index contributed by atoms with van der Waals surface area (Å²) in [6.07, 6.45) is 0.854. The molecule has 2 aromatic carbocycles. The van der Waals surface area contributed by atoms with Crippen molar-refractivity contribution in [3.8, 4) is 0 Å². The number of amides is 3. The molecule has 4 N–H and O–H groups in total. The lowest BCUT2D eigenvalue weighted by Gasteiger charge is -2.13. The number of hydrogen-bond donors (Lipinski definition) is 4. The van der Waals surface area contributed by atoms with E-state index in [9.17, 15) is 14.4 Å². The van der Waals surface area contributed by atoms with Gasteiger partial charge in [0.25, 0.3) is 11.8 Å². The first kappa shape index (κ1) is 22.9. The molecule has 0 aromatic heterocycles. The van der Waals surface area contributed by atoms with Crippen LogP contribution in [0.25, 0.3) is 0 Å². The van der Waals surface area contributed by atoms with Crippen LogP contribution in [0.15, 0.2) is 48.5 Å². The van der Waals surface area contributed by atoms with Gasteiger partial charge in [-0.1, -0.05) is 13.0 Å². The maximum atomic E-state index is 12.2. The molecule has 0 radical (unpaired) electrons. The van der Waals surface area contributed by atoms with Crippen LogP contribution in [0.3, 0.4) is 0 Å². The van der Waals surface area contributed by atoms with Crippen LogP contribution in [0.2, 0.25) is 0 Å². The van der Waals surface area contributed by atoms with Gasteiger partial charge in [-0.05, 0) is 69.7 Å². The minimum absolute atomic E-state index is 0.0476. The van der Waals surface area contributed by atoms with E-state index in [0.717, 1.165) is 6.42 Å². The van der Waals surface area contributed by atoms with Crippen molar-refractivity contribution in [2.24, 2.45) is 0 Å². The Morgan fingerprint density at radius 3 is 2.13 bits per heavy atom. The number of hydrogen-bond acceptors (Lipinski definition) is 4. The second-order valence-electron chi connectivity index (χ2n) is 7.47. The second-order valence-corrected chi connectivity index (χ2v) is 7.47. The summed E-state index contributed by atoms with van der Waals surface area (Å²) in [5.41, 5.74) is 2.36. The van der Waals surface area contributed by atoms with Gasteiger partial charge in [-0.3, -0.25) is 14.4 Å². The van der Waals surface area contributed by atoms with Gasteiger partial charge in [0.15, 0.2) is 0 Å². The lowest BCUT2D eigenvalue weighted by atomic mass is 10.1. The molecule has 0 aliphatic carbocycles. The zero-order valence-corrected chi connectivity index (χ0v) is 17.9. The molecule has 0 heterocycles. The second kappa shape index (κ2) is 11.0. The Morgan fingerprint density at radius 1 is 0.833 bits per heavy atom. The fourth-order valence-electron chi connectivity index (χ4n) is 2.62. The Hall–Kier alpha value is -3.35. The standard InChI is InChI=1S/C23H30N4O3/c1-5-16(4)26-23(30)18-7-6-8-20(13-18)24-14-21(28)27-19-11-9-17(10-12-19)22(29)25-15(2)3/h6-13,15-16,24H,5,14H2,1-4H3,(H,25,29)(H,26,30)(H,27,28). The van der Waals surface area contributed by atoms with Crippen molar-refractivity contribution in [3.05, 3.63) is 59.7 Å². The summed E-state index contributed by atoms with van der Waals surface area (Å²) in [6, 6.07) is 13.9. The van der Waals surface area contributed by atoms with Crippen molar-refractivity contribution in [3.63, 3.8) is 0 Å². The first-order valence-corrected chi connectivity index (χ1v) is 10.1. The highest BCUT2D eigenvalue weighted by Crippen LogP contribution is 2.12. The van der Waals surface area contributed by atoms with E-state index in [1.807, 2.05) is 27.7 Å². The Bertz CT molecular complexity index is 878. The number of carbonyl (C=O) groups is 3. The van der Waals surface area contributed by atoms with Gasteiger partial charge in [-0.25, -0.2) is 0 Å². The summed E-state index contributed by atoms with van der Waals surface area (Å²) in [5.74, 6) is -0.523. The first-order valence-electron chi connectivity index (χ1n) is 10.1. The Morgan fingerprint density at radius 2 is 1.50 bits per heavy atom. The number of carbonyl (C=O) groups excluding carboxylic acids is 3. The van der Waals surface area contributed by atoms with Gasteiger partial charge in [0.2, 0.25) is 5.91 Å². The van der Waals surface area contributed by atoms with Gasteiger partial charge in [-0.2, -0.15) is 0 Å². The summed E-state index contributed by atoms with van der Waals surface area (Å²) in [4.78, 5) is 36.4. The van der Waals surface area contributed by atoms with Crippen LogP contribution in [0.1, 0.15) is 54.8 Å². The van der Waals surface area contributed by atoms with Crippen molar-refractivity contribution in [2.45, 2.75) is 46.2 Å². The van der Waals surface area contributed by atoms with Crippen molar-refractivity contribution in [1.29, 1.82) is 0 Å². The van der Waals surface area contributed by atoms with Crippen LogP contribution >= 0.6 is 0 Å². The average molecular weight is 411 g/mol. The highest BCUT2D eigenvalue weighted by Gasteiger charge is 2.10. The molecular formula is C23H30N4O3. The van der Waals surface area contributed by atoms with E-state index in [4.69, 9.17) is 0 Å². The largest absolute Gasteiger partial charge is 0.376 e. The Kier molecular flexibility index (Phi) is 8.41. The molecule has 7 heteroatoms. The van der Waals surface area contributed by atoms with Crippen molar-refractivity contribution in [2.75, 3.05) is 17.2 Å². The SMILES string of the molecule is CCC(C)NC(=O)c1cccc(NCC(=O)Nc2ccc(C(=O)NC(C)C)cc2)c1. The molecule has 30 heavy (non-hydrogen) atoms. The minimum atomic E-state index is -0.233. The molecule has 0 spiro atoms. The van der Waals surface area contributed by atoms with E-state index in [-0.39, 0.29) is 36.3 Å². The molecule has 1 unspecified atom stereocenters. The van der Waals surface area contributed by atoms with Crippen LogP contribution < -0.4 is 21.3 Å². The normalized spacial score (nSPS) is 11.5. The zero-order chi connectivity index (χ0) is 22.1. The van der Waals surface area contributed by atoms with Crippen LogP contribution in [-0.2, 0) is 4.79 Å². The van der Waals surface area contributed by atoms with Gasteiger partial charge in [0, 0.05) is 34.6 Å². The topological polar surface area (TPSA) is 99.3 Å². The molecule has 0 bridgehead atoms. The van der Waals surface area contributed by atoms with E-state index < -0.39 is 0 Å². The summed E-state index contributed by atoms with van der Waals surface area (Å²) in [6.45, 7) is 7.80. The molecule has 0 aliphatic heterocycles. The fraction of sp³-hybridized carbons (Fsp3) is 0.348. The molecular weight excluding hydrogens is 380 g/mol. The van der Waals surface area contributed by atoms with Crippen LogP contribution in [0.5, 0.6) is 0 Å². The van der Waals surface area contributed by atoms with E-state index in [2.05, 4.69) is 21.3 Å². The highest BCUT2D eigenvalue weighted by molar-refractivity contribution is 5.97. The van der Waals surface area contributed by atoms with Gasteiger partial charge in [0.05, 0.1) is 6.54 Å². The number of nitrogens with one attached hydrogen (secondary N) is 4. The summed E-state index contributed by atoms with van der Waals surface area (Å²) in [7, 11) is 0. The maximum absolute atomic E-state index is 12.2. The third-order valence-electron chi connectivity index (χ3n) is 4.42. The van der Waals surface area contributed by atoms with E-state index >= 15 is 0 Å². The summed E-state index contributed by atoms with van der Waals surface area (Å²) in [5, 5.41) is 11.5. The molecule has 7 nitrogen and oxygen atoms in total. The maximum Gasteiger partial charge on any atom is 0.251 e. The summed E-state index contributed by atoms with van der Waals surface area (Å²) >= 11 is 0. The number of anilines is 2. The molecule has 0 fully saturated rings. The molecule has 0 saturated heterocycles. The van der Waals surface area contributed by atoms with Gasteiger partial charge in [-0.15, -0.1) is 0 Å². The third kappa shape index (κ3) is 7.24. The third-order valence-corrected chi connectivity index (χ3v) is 4.42. The molecule has 2 aromatic rings. The van der Waals surface area contributed by atoms with E-state index in [0.29, 0.717) is 22.5 Å². The van der Waals surface area contributed by atoms with Crippen molar-refractivity contribution >= 4 is 29.1 Å².